The summed E-state index contributed by atoms with van der Waals surface area (Å²) in [5.41, 5.74) is -2.53. The van der Waals surface area contributed by atoms with Crippen LogP contribution >= 0.6 is 15.9 Å². The van der Waals surface area contributed by atoms with E-state index in [1.807, 2.05) is 13.8 Å². The van der Waals surface area contributed by atoms with Crippen LogP contribution in [-0.2, 0) is 6.18 Å². The van der Waals surface area contributed by atoms with Crippen LogP contribution in [0.1, 0.15) is 19.5 Å². The van der Waals surface area contributed by atoms with Crippen LogP contribution in [0.25, 0.3) is 5.69 Å². The molecule has 0 radical (unpaired) electrons. The first-order valence-electron chi connectivity index (χ1n) is 7.00. The molecule has 0 spiro atoms. The van der Waals surface area contributed by atoms with Crippen molar-refractivity contribution in [1.82, 2.24) is 9.55 Å². The van der Waals surface area contributed by atoms with Gasteiger partial charge in [0.1, 0.15) is 5.82 Å². The smallest absolute Gasteiger partial charge is 0.355 e. The molecule has 0 atom stereocenters. The lowest BCUT2D eigenvalue weighted by molar-refractivity contribution is -0.141. The van der Waals surface area contributed by atoms with Gasteiger partial charge in [-0.1, -0.05) is 29.8 Å². The Balaban J connectivity index is 2.66. The first-order chi connectivity index (χ1) is 11.1. The SMILES string of the molecule is CC(C)CNc1nc(C(F)(F)F)cc(=O)n1-c1ccc(Br)cc1F. The molecule has 1 N–H and O–H groups in total. The molecule has 24 heavy (non-hydrogen) atoms. The van der Waals surface area contributed by atoms with E-state index >= 15 is 0 Å². The molecular weight excluding hydrogens is 394 g/mol. The summed E-state index contributed by atoms with van der Waals surface area (Å²) in [6.45, 7) is 3.94. The highest BCUT2D eigenvalue weighted by Gasteiger charge is 2.34. The second-order valence-corrected chi connectivity index (χ2v) is 6.42. The molecule has 130 valence electrons. The van der Waals surface area contributed by atoms with Crippen molar-refractivity contribution in [1.29, 1.82) is 0 Å². The van der Waals surface area contributed by atoms with Gasteiger partial charge >= 0.3 is 6.18 Å². The summed E-state index contributed by atoms with van der Waals surface area (Å²) < 4.78 is 54.1. The van der Waals surface area contributed by atoms with E-state index in [2.05, 4.69) is 26.2 Å². The van der Waals surface area contributed by atoms with Crippen LogP contribution in [-0.4, -0.2) is 16.1 Å². The molecule has 1 aromatic carbocycles. The van der Waals surface area contributed by atoms with E-state index in [0.717, 1.165) is 10.6 Å². The molecule has 1 aromatic heterocycles. The van der Waals surface area contributed by atoms with Gasteiger partial charge in [0, 0.05) is 17.1 Å². The molecule has 9 heteroatoms. The quantitative estimate of drug-likeness (QED) is 0.771. The Kier molecular flexibility index (Phi) is 5.32. The van der Waals surface area contributed by atoms with Crippen molar-refractivity contribution in [3.8, 4) is 5.69 Å². The lowest BCUT2D eigenvalue weighted by atomic mass is 10.2. The lowest BCUT2D eigenvalue weighted by Crippen LogP contribution is -2.28. The Morgan fingerprint density at radius 1 is 1.29 bits per heavy atom. The molecule has 1 heterocycles. The summed E-state index contributed by atoms with van der Waals surface area (Å²) in [4.78, 5) is 15.7. The molecule has 2 aromatic rings. The number of anilines is 1. The first kappa shape index (κ1) is 18.4. The fourth-order valence-corrected chi connectivity index (χ4v) is 2.27. The van der Waals surface area contributed by atoms with Gasteiger partial charge in [-0.15, -0.1) is 0 Å². The van der Waals surface area contributed by atoms with Crippen LogP contribution in [0.3, 0.4) is 0 Å². The Morgan fingerprint density at radius 3 is 2.50 bits per heavy atom. The van der Waals surface area contributed by atoms with Crippen LogP contribution < -0.4 is 10.9 Å². The summed E-state index contributed by atoms with van der Waals surface area (Å²) in [5, 5.41) is 2.68. The van der Waals surface area contributed by atoms with E-state index < -0.39 is 23.2 Å². The number of benzene rings is 1. The van der Waals surface area contributed by atoms with E-state index in [0.29, 0.717) is 10.5 Å². The summed E-state index contributed by atoms with van der Waals surface area (Å²) in [6.07, 6.45) is -4.77. The van der Waals surface area contributed by atoms with Gasteiger partial charge < -0.3 is 5.32 Å². The minimum absolute atomic E-state index is 0.0830. The second-order valence-electron chi connectivity index (χ2n) is 5.51. The van der Waals surface area contributed by atoms with Crippen LogP contribution in [0.5, 0.6) is 0 Å². The summed E-state index contributed by atoms with van der Waals surface area (Å²) in [7, 11) is 0. The number of hydrogen-bond donors (Lipinski definition) is 1. The van der Waals surface area contributed by atoms with Crippen LogP contribution in [0.2, 0.25) is 0 Å². The van der Waals surface area contributed by atoms with Gasteiger partial charge in [-0.3, -0.25) is 4.79 Å². The van der Waals surface area contributed by atoms with Gasteiger partial charge in [0.05, 0.1) is 5.69 Å². The number of rotatable bonds is 4. The monoisotopic (exact) mass is 407 g/mol. The predicted molar refractivity (Wildman–Crippen MR) is 85.8 cm³/mol. The summed E-state index contributed by atoms with van der Waals surface area (Å²) in [6, 6.07) is 4.23. The van der Waals surface area contributed by atoms with Gasteiger partial charge in [-0.05, 0) is 24.1 Å². The van der Waals surface area contributed by atoms with Crippen LogP contribution in [0.4, 0.5) is 23.5 Å². The molecular formula is C15H14BrF4N3O. The topological polar surface area (TPSA) is 46.9 Å². The fourth-order valence-electron chi connectivity index (χ4n) is 1.94. The standard InChI is InChI=1S/C15H14BrF4N3O/c1-8(2)7-21-14-22-12(15(18,19)20)6-13(24)23(14)11-4-3-9(16)5-10(11)17/h3-6,8H,7H2,1-2H3,(H,21,22). The highest BCUT2D eigenvalue weighted by atomic mass is 79.9. The van der Waals surface area contributed by atoms with Gasteiger partial charge in [0.2, 0.25) is 5.95 Å². The molecule has 0 aliphatic heterocycles. The third-order valence-corrected chi connectivity index (χ3v) is 3.52. The Morgan fingerprint density at radius 2 is 1.96 bits per heavy atom. The maximum atomic E-state index is 14.2. The average molecular weight is 408 g/mol. The van der Waals surface area contributed by atoms with Crippen molar-refractivity contribution in [2.75, 3.05) is 11.9 Å². The van der Waals surface area contributed by atoms with Crippen molar-refractivity contribution in [3.63, 3.8) is 0 Å². The highest BCUT2D eigenvalue weighted by Crippen LogP contribution is 2.28. The molecule has 0 unspecified atom stereocenters. The minimum atomic E-state index is -4.77. The fraction of sp³-hybridized carbons (Fsp3) is 0.333. The van der Waals surface area contributed by atoms with Gasteiger partial charge in [0.15, 0.2) is 5.69 Å². The van der Waals surface area contributed by atoms with E-state index in [1.54, 1.807) is 0 Å². The number of nitrogens with one attached hydrogen (secondary N) is 1. The van der Waals surface area contributed by atoms with Crippen molar-refractivity contribution in [2.45, 2.75) is 20.0 Å². The predicted octanol–water partition coefficient (Wildman–Crippen LogP) is 4.22. The van der Waals surface area contributed by atoms with Crippen molar-refractivity contribution in [2.24, 2.45) is 5.92 Å². The van der Waals surface area contributed by atoms with E-state index in [-0.39, 0.29) is 24.1 Å². The zero-order valence-electron chi connectivity index (χ0n) is 12.8. The lowest BCUT2D eigenvalue weighted by Gasteiger charge is -2.17. The Labute approximate surface area is 143 Å². The van der Waals surface area contributed by atoms with Crippen LogP contribution in [0, 0.1) is 11.7 Å². The van der Waals surface area contributed by atoms with E-state index in [4.69, 9.17) is 0 Å². The van der Waals surface area contributed by atoms with Crippen molar-refractivity contribution >= 4 is 21.9 Å². The number of alkyl halides is 3. The van der Waals surface area contributed by atoms with Gasteiger partial charge in [0.25, 0.3) is 5.56 Å². The molecule has 0 aliphatic carbocycles. The second kappa shape index (κ2) is 6.92. The van der Waals surface area contributed by atoms with Gasteiger partial charge in [-0.2, -0.15) is 13.2 Å². The Bertz CT molecular complexity index is 802. The molecule has 0 fully saturated rings. The minimum Gasteiger partial charge on any atom is -0.355 e. The maximum Gasteiger partial charge on any atom is 0.433 e. The normalized spacial score (nSPS) is 11.8. The molecule has 0 aliphatic rings. The third kappa shape index (κ3) is 4.14. The zero-order valence-corrected chi connectivity index (χ0v) is 14.4. The van der Waals surface area contributed by atoms with E-state index in [9.17, 15) is 22.4 Å². The summed E-state index contributed by atoms with van der Waals surface area (Å²) >= 11 is 3.09. The number of halogens is 5. The summed E-state index contributed by atoms with van der Waals surface area (Å²) in [5.74, 6) is -1.04. The third-order valence-electron chi connectivity index (χ3n) is 3.03. The number of hydrogen-bond acceptors (Lipinski definition) is 3. The molecule has 0 saturated heterocycles. The average Bonchev–Trinajstić information content (AvgIpc) is 2.44. The molecule has 2 rings (SSSR count). The highest BCUT2D eigenvalue weighted by molar-refractivity contribution is 9.10. The number of nitrogens with zero attached hydrogens (tertiary/aromatic N) is 2. The molecule has 0 amide bonds. The van der Waals surface area contributed by atoms with Gasteiger partial charge in [-0.25, -0.2) is 13.9 Å². The van der Waals surface area contributed by atoms with Crippen molar-refractivity contribution < 1.29 is 17.6 Å². The van der Waals surface area contributed by atoms with E-state index in [1.165, 1.54) is 12.1 Å². The molecule has 0 saturated carbocycles. The van der Waals surface area contributed by atoms with Crippen LogP contribution in [0.15, 0.2) is 33.5 Å². The first-order valence-corrected chi connectivity index (χ1v) is 7.79. The number of aromatic nitrogens is 2. The molecule has 4 nitrogen and oxygen atoms in total. The molecule has 0 bridgehead atoms. The largest absolute Gasteiger partial charge is 0.433 e. The maximum absolute atomic E-state index is 14.2. The Hall–Kier alpha value is -1.90. The zero-order chi connectivity index (χ0) is 18.1. The van der Waals surface area contributed by atoms with Crippen molar-refractivity contribution in [3.05, 3.63) is 50.6 Å².